The number of unbranched alkanes of at least 4 members (excludes halogenated alkanes) is 7. The van der Waals surface area contributed by atoms with Gasteiger partial charge in [0.05, 0.1) is 16.1 Å². The SMILES string of the molecule is CCCCN(P(c1ccc([Si](CCCC)(CCCC)CCCC)cc1)c1cccc2c1oc1ccccc12)P(c1ccc([Si](CCCC)(CCCC)CCCC)cc1)c1cccc2c1oc1ccccc12. The fraction of sp³-hybridized carbons (Fsp3) is 0.438. The molecule has 0 aliphatic heterocycles. The van der Waals surface area contributed by atoms with E-state index in [1.54, 1.807) is 10.4 Å². The second-order valence-corrected chi connectivity index (χ2v) is 34.7. The van der Waals surface area contributed by atoms with Crippen LogP contribution in [-0.4, -0.2) is 27.1 Å². The maximum absolute atomic E-state index is 7.09. The molecular formula is C64H85NO2P2Si2. The van der Waals surface area contributed by atoms with Gasteiger partial charge in [-0.3, -0.25) is 0 Å². The molecule has 0 N–H and O–H groups in total. The molecule has 6 aromatic carbocycles. The molecule has 8 aromatic rings. The largest absolute Gasteiger partial charge is 0.455 e. The van der Waals surface area contributed by atoms with Crippen molar-refractivity contribution in [2.24, 2.45) is 0 Å². The van der Waals surface area contributed by atoms with Gasteiger partial charge in [0.2, 0.25) is 0 Å². The van der Waals surface area contributed by atoms with Gasteiger partial charge in [0.25, 0.3) is 0 Å². The Balaban J connectivity index is 1.39. The van der Waals surface area contributed by atoms with Gasteiger partial charge in [0.1, 0.15) is 22.3 Å². The Bertz CT molecular complexity index is 2650. The molecule has 8 rings (SSSR count). The molecule has 0 radical (unpaired) electrons. The van der Waals surface area contributed by atoms with Crippen LogP contribution in [0.2, 0.25) is 36.3 Å². The van der Waals surface area contributed by atoms with E-state index in [-0.39, 0.29) is 0 Å². The Labute approximate surface area is 433 Å². The Hall–Kier alpha value is -3.83. The lowest BCUT2D eigenvalue weighted by molar-refractivity contribution is 0.644. The zero-order valence-corrected chi connectivity index (χ0v) is 48.5. The number of hydrogen-bond acceptors (Lipinski definition) is 3. The Morgan fingerprint density at radius 3 is 1.01 bits per heavy atom. The van der Waals surface area contributed by atoms with Gasteiger partial charge in [-0.05, 0) is 41.3 Å². The van der Waals surface area contributed by atoms with Crippen LogP contribution in [0.15, 0.2) is 142 Å². The van der Waals surface area contributed by atoms with Crippen molar-refractivity contribution in [1.29, 1.82) is 0 Å². The monoisotopic (exact) mass is 1020 g/mol. The van der Waals surface area contributed by atoms with E-state index in [9.17, 15) is 0 Å². The van der Waals surface area contributed by atoms with Gasteiger partial charge in [0.15, 0.2) is 0 Å². The number of fused-ring (bicyclic) bond motifs is 6. The highest BCUT2D eigenvalue weighted by Gasteiger charge is 2.38. The van der Waals surface area contributed by atoms with E-state index in [1.165, 1.54) is 156 Å². The molecular weight excluding hydrogens is 933 g/mol. The molecule has 0 amide bonds. The molecule has 0 saturated heterocycles. The zero-order valence-electron chi connectivity index (χ0n) is 44.7. The van der Waals surface area contributed by atoms with Crippen molar-refractivity contribution in [2.75, 3.05) is 6.54 Å². The van der Waals surface area contributed by atoms with E-state index >= 15 is 0 Å². The second-order valence-electron chi connectivity index (χ2n) is 20.9. The fourth-order valence-electron chi connectivity index (χ4n) is 11.8. The van der Waals surface area contributed by atoms with Crippen molar-refractivity contribution < 1.29 is 8.83 Å². The highest BCUT2D eigenvalue weighted by Crippen LogP contribution is 2.57. The predicted octanol–water partition coefficient (Wildman–Crippen LogP) is 18.1. The standard InChI is InChI=1S/C64H85NO2P2Si2/c1-8-15-44-65(68(61-34-26-30-57-55-28-22-24-32-59(55)66-63(57)61)51-36-40-53(41-37-51)70(45-16-9-2,46-17-10-3)47-18-11-4)69(62-35-27-31-58-56-29-23-25-33-60(56)67-64(58)62)52-38-42-54(43-39-52)71(48-19-12-5,49-20-13-6)50-21-14-7/h22-43H,8-21,44-50H2,1-7H3. The summed E-state index contributed by atoms with van der Waals surface area (Å²) in [4.78, 5) is 0. The van der Waals surface area contributed by atoms with E-state index in [2.05, 4.69) is 186 Å². The van der Waals surface area contributed by atoms with E-state index < -0.39 is 32.3 Å². The van der Waals surface area contributed by atoms with Crippen LogP contribution in [0.1, 0.15) is 138 Å². The molecule has 2 heterocycles. The second kappa shape index (κ2) is 25.9. The highest BCUT2D eigenvalue weighted by atomic mass is 31.2. The third kappa shape index (κ3) is 11.8. The summed E-state index contributed by atoms with van der Waals surface area (Å²) in [7, 11) is -5.70. The summed E-state index contributed by atoms with van der Waals surface area (Å²) in [6.45, 7) is 17.7. The lowest BCUT2D eigenvalue weighted by Crippen LogP contribution is -2.48. The lowest BCUT2D eigenvalue weighted by Gasteiger charge is -2.40. The molecule has 0 spiro atoms. The molecule has 0 aliphatic carbocycles. The van der Waals surface area contributed by atoms with Gasteiger partial charge < -0.3 is 8.83 Å². The molecule has 3 nitrogen and oxygen atoms in total. The van der Waals surface area contributed by atoms with Crippen LogP contribution >= 0.6 is 16.1 Å². The number of rotatable bonds is 29. The van der Waals surface area contributed by atoms with E-state index in [1.807, 2.05) is 0 Å². The minimum atomic E-state index is -1.74. The van der Waals surface area contributed by atoms with Crippen molar-refractivity contribution in [3.8, 4) is 0 Å². The van der Waals surface area contributed by atoms with Crippen molar-refractivity contribution in [1.82, 2.24) is 4.44 Å². The molecule has 0 fully saturated rings. The number of nitrogens with zero attached hydrogens (tertiary/aromatic N) is 1. The molecule has 2 unspecified atom stereocenters. The smallest absolute Gasteiger partial charge is 0.144 e. The Kier molecular flexibility index (Phi) is 19.5. The van der Waals surface area contributed by atoms with Crippen molar-refractivity contribution >= 4 is 108 Å². The number of benzene rings is 6. The van der Waals surface area contributed by atoms with Crippen LogP contribution < -0.4 is 31.6 Å². The average molecular weight is 1020 g/mol. The van der Waals surface area contributed by atoms with Crippen molar-refractivity contribution in [2.45, 2.75) is 175 Å². The van der Waals surface area contributed by atoms with Crippen LogP contribution in [0.4, 0.5) is 0 Å². The fourth-order valence-corrected chi connectivity index (χ4v) is 29.2. The third-order valence-corrected chi connectivity index (χ3v) is 32.5. The average Bonchev–Trinajstić information content (AvgIpc) is 4.00. The maximum Gasteiger partial charge on any atom is 0.144 e. The molecule has 0 aliphatic rings. The first-order chi connectivity index (χ1) is 34.9. The summed E-state index contributed by atoms with van der Waals surface area (Å²) < 4.78 is 17.2. The molecule has 376 valence electrons. The maximum atomic E-state index is 7.09. The summed E-state index contributed by atoms with van der Waals surface area (Å²) in [6, 6.07) is 60.7. The first-order valence-corrected chi connectivity index (χ1v) is 36.1. The van der Waals surface area contributed by atoms with E-state index in [0.29, 0.717) is 0 Å². The molecule has 0 bridgehead atoms. The van der Waals surface area contributed by atoms with E-state index in [4.69, 9.17) is 8.83 Å². The van der Waals surface area contributed by atoms with Crippen LogP contribution in [0, 0.1) is 0 Å². The molecule has 0 saturated carbocycles. The van der Waals surface area contributed by atoms with Crippen LogP contribution in [0.25, 0.3) is 43.9 Å². The number of furan rings is 2. The minimum Gasteiger partial charge on any atom is -0.455 e. The Morgan fingerprint density at radius 1 is 0.352 bits per heavy atom. The quantitative estimate of drug-likeness (QED) is 0.0346. The lowest BCUT2D eigenvalue weighted by atomic mass is 10.1. The summed E-state index contributed by atoms with van der Waals surface area (Å²) in [5, 5.41) is 13.6. The Morgan fingerprint density at radius 2 is 0.676 bits per heavy atom. The van der Waals surface area contributed by atoms with Crippen LogP contribution in [0.3, 0.4) is 0 Å². The van der Waals surface area contributed by atoms with Crippen LogP contribution in [-0.2, 0) is 0 Å². The summed E-state index contributed by atoms with van der Waals surface area (Å²) >= 11 is 0. The van der Waals surface area contributed by atoms with Gasteiger partial charge >= 0.3 is 0 Å². The van der Waals surface area contributed by atoms with Crippen LogP contribution in [0.5, 0.6) is 0 Å². The normalized spacial score (nSPS) is 13.4. The van der Waals surface area contributed by atoms with Gasteiger partial charge in [-0.15, -0.1) is 0 Å². The first-order valence-electron chi connectivity index (χ1n) is 28.3. The zero-order chi connectivity index (χ0) is 49.6. The summed E-state index contributed by atoms with van der Waals surface area (Å²) in [6.07, 6.45) is 17.9. The highest BCUT2D eigenvalue weighted by molar-refractivity contribution is 7.85. The summed E-state index contributed by atoms with van der Waals surface area (Å²) in [5.74, 6) is 0. The van der Waals surface area contributed by atoms with Crippen molar-refractivity contribution in [3.63, 3.8) is 0 Å². The van der Waals surface area contributed by atoms with E-state index in [0.717, 1.165) is 41.7 Å². The number of hydrogen-bond donors (Lipinski definition) is 0. The molecule has 7 heteroatoms. The molecule has 71 heavy (non-hydrogen) atoms. The first kappa shape index (κ1) is 53.5. The third-order valence-electron chi connectivity index (χ3n) is 15.9. The molecule has 2 aromatic heterocycles. The summed E-state index contributed by atoms with van der Waals surface area (Å²) in [5.41, 5.74) is 4.00. The van der Waals surface area contributed by atoms with Crippen molar-refractivity contribution in [3.05, 3.63) is 133 Å². The number of para-hydroxylation sites is 4. The van der Waals surface area contributed by atoms with Gasteiger partial charge in [-0.25, -0.2) is 4.44 Å². The topological polar surface area (TPSA) is 29.5 Å². The molecule has 2 atom stereocenters. The van der Waals surface area contributed by atoms with Gasteiger partial charge in [0, 0.05) is 54.8 Å². The predicted molar refractivity (Wildman–Crippen MR) is 323 cm³/mol. The van der Waals surface area contributed by atoms with Gasteiger partial charge in [-0.2, -0.15) is 0 Å². The minimum absolute atomic E-state index is 0.964. The van der Waals surface area contributed by atoms with Gasteiger partial charge in [-0.1, -0.05) is 288 Å².